The van der Waals surface area contributed by atoms with Gasteiger partial charge in [-0.25, -0.2) is 4.99 Å². The highest BCUT2D eigenvalue weighted by molar-refractivity contribution is 14.0. The van der Waals surface area contributed by atoms with E-state index in [1.807, 2.05) is 24.4 Å². The summed E-state index contributed by atoms with van der Waals surface area (Å²) in [5.74, 6) is 1.64. The molecular formula is C14H22IN5O2S. The van der Waals surface area contributed by atoms with Crippen LogP contribution >= 0.6 is 35.3 Å². The molecule has 9 heteroatoms. The molecule has 0 aliphatic heterocycles. The number of aryl methyl sites for hydroxylation is 1. The van der Waals surface area contributed by atoms with Crippen molar-refractivity contribution in [2.45, 2.75) is 32.9 Å². The molecule has 2 aromatic rings. The highest BCUT2D eigenvalue weighted by Gasteiger charge is 2.24. The van der Waals surface area contributed by atoms with E-state index in [1.54, 1.807) is 13.8 Å². The molecule has 0 amide bonds. The number of thiophene rings is 1. The zero-order chi connectivity index (χ0) is 16.0. The Balaban J connectivity index is 0.00000264. The Labute approximate surface area is 156 Å². The number of aliphatic hydroxyl groups is 1. The van der Waals surface area contributed by atoms with Crippen LogP contribution in [0.3, 0.4) is 0 Å². The van der Waals surface area contributed by atoms with E-state index in [2.05, 4.69) is 25.8 Å². The van der Waals surface area contributed by atoms with E-state index >= 15 is 0 Å². The molecule has 2 aromatic heterocycles. The summed E-state index contributed by atoms with van der Waals surface area (Å²) in [6, 6.07) is 3.84. The maximum Gasteiger partial charge on any atom is 0.223 e. The Bertz CT molecular complexity index is 612. The van der Waals surface area contributed by atoms with Crippen molar-refractivity contribution in [1.29, 1.82) is 0 Å². The van der Waals surface area contributed by atoms with E-state index in [0.29, 0.717) is 30.8 Å². The minimum atomic E-state index is -0.951. The lowest BCUT2D eigenvalue weighted by Gasteiger charge is -2.23. The van der Waals surface area contributed by atoms with Crippen molar-refractivity contribution < 1.29 is 9.63 Å². The highest BCUT2D eigenvalue weighted by atomic mass is 127. The molecule has 0 saturated heterocycles. The summed E-state index contributed by atoms with van der Waals surface area (Å²) < 4.78 is 4.91. The number of nitrogens with one attached hydrogen (secondary N) is 2. The minimum Gasteiger partial charge on any atom is -0.383 e. The number of aliphatic imine (C=N–C) groups is 1. The molecule has 0 aromatic carbocycles. The van der Waals surface area contributed by atoms with E-state index < -0.39 is 5.60 Å². The summed E-state index contributed by atoms with van der Waals surface area (Å²) in [7, 11) is 0. The van der Waals surface area contributed by atoms with E-state index in [9.17, 15) is 5.11 Å². The number of halogens is 1. The third kappa shape index (κ3) is 6.07. The second kappa shape index (κ2) is 9.18. The molecule has 0 spiro atoms. The third-order valence-corrected chi connectivity index (χ3v) is 4.07. The summed E-state index contributed by atoms with van der Waals surface area (Å²) in [5.41, 5.74) is -0.951. The molecule has 0 aliphatic carbocycles. The molecule has 2 heterocycles. The fourth-order valence-electron chi connectivity index (χ4n) is 1.83. The standard InChI is InChI=1S/C14H21N5O2S.HI/c1-4-15-13(16-8-12-18-10(2)21-19-12)17-9-14(3,20)11-6-5-7-22-11;/h5-7,20H,4,8-9H2,1-3H3,(H2,15,16,17);1H. The summed E-state index contributed by atoms with van der Waals surface area (Å²) >= 11 is 1.53. The number of rotatable bonds is 6. The molecule has 2 rings (SSSR count). The largest absolute Gasteiger partial charge is 0.383 e. The first kappa shape index (κ1) is 19.8. The molecule has 0 saturated carbocycles. The molecule has 3 N–H and O–H groups in total. The Morgan fingerprint density at radius 2 is 2.26 bits per heavy atom. The predicted molar refractivity (Wildman–Crippen MR) is 101 cm³/mol. The van der Waals surface area contributed by atoms with Crippen LogP contribution in [0.25, 0.3) is 0 Å². The first-order valence-corrected chi connectivity index (χ1v) is 7.97. The molecule has 1 atom stereocenters. The van der Waals surface area contributed by atoms with Crippen LogP contribution in [0.15, 0.2) is 27.0 Å². The molecule has 128 valence electrons. The van der Waals surface area contributed by atoms with Gasteiger partial charge in [0, 0.05) is 18.3 Å². The van der Waals surface area contributed by atoms with Gasteiger partial charge in [-0.2, -0.15) is 4.98 Å². The Hall–Kier alpha value is -1.20. The van der Waals surface area contributed by atoms with Gasteiger partial charge in [0.25, 0.3) is 0 Å². The van der Waals surface area contributed by atoms with Gasteiger partial charge in [-0.15, -0.1) is 35.3 Å². The minimum absolute atomic E-state index is 0. The van der Waals surface area contributed by atoms with Crippen LogP contribution < -0.4 is 10.6 Å². The van der Waals surface area contributed by atoms with Crippen LogP contribution in [0.2, 0.25) is 0 Å². The summed E-state index contributed by atoms with van der Waals surface area (Å²) in [4.78, 5) is 9.39. The van der Waals surface area contributed by atoms with Gasteiger partial charge in [-0.3, -0.25) is 0 Å². The first-order valence-electron chi connectivity index (χ1n) is 7.09. The summed E-state index contributed by atoms with van der Waals surface area (Å²) in [5, 5.41) is 22.5. The number of nitrogens with zero attached hydrogens (tertiary/aromatic N) is 3. The van der Waals surface area contributed by atoms with Crippen molar-refractivity contribution in [2.24, 2.45) is 4.99 Å². The Kier molecular flexibility index (Phi) is 7.92. The molecular weight excluding hydrogens is 429 g/mol. The molecule has 0 aliphatic rings. The zero-order valence-electron chi connectivity index (χ0n) is 13.4. The van der Waals surface area contributed by atoms with Crippen molar-refractivity contribution in [2.75, 3.05) is 13.1 Å². The average Bonchev–Trinajstić information content (AvgIpc) is 3.13. The smallest absolute Gasteiger partial charge is 0.223 e. The van der Waals surface area contributed by atoms with Gasteiger partial charge < -0.3 is 20.3 Å². The van der Waals surface area contributed by atoms with Crippen LogP contribution in [0.1, 0.15) is 30.4 Å². The fourth-order valence-corrected chi connectivity index (χ4v) is 2.61. The van der Waals surface area contributed by atoms with Crippen molar-refractivity contribution >= 4 is 41.3 Å². The normalized spacial score (nSPS) is 14.0. The summed E-state index contributed by atoms with van der Waals surface area (Å²) in [6.45, 7) is 6.88. The first-order chi connectivity index (χ1) is 10.5. The average molecular weight is 451 g/mol. The number of hydrogen-bond donors (Lipinski definition) is 3. The van der Waals surface area contributed by atoms with Gasteiger partial charge in [-0.1, -0.05) is 11.2 Å². The molecule has 23 heavy (non-hydrogen) atoms. The second-order valence-electron chi connectivity index (χ2n) is 5.03. The van der Waals surface area contributed by atoms with E-state index in [-0.39, 0.29) is 24.0 Å². The van der Waals surface area contributed by atoms with E-state index in [1.165, 1.54) is 11.3 Å². The quantitative estimate of drug-likeness (QED) is 0.354. The topological polar surface area (TPSA) is 95.6 Å². The lowest BCUT2D eigenvalue weighted by atomic mass is 10.1. The van der Waals surface area contributed by atoms with Crippen LogP contribution in [0, 0.1) is 6.92 Å². The Morgan fingerprint density at radius 1 is 1.48 bits per heavy atom. The van der Waals surface area contributed by atoms with E-state index in [4.69, 9.17) is 4.52 Å². The summed E-state index contributed by atoms with van der Waals surface area (Å²) in [6.07, 6.45) is 0. The van der Waals surface area contributed by atoms with Crippen LogP contribution in [-0.4, -0.2) is 34.3 Å². The SMILES string of the molecule is CCNC(=NCc1noc(C)n1)NCC(C)(O)c1cccs1.I. The lowest BCUT2D eigenvalue weighted by Crippen LogP contribution is -2.44. The molecule has 7 nitrogen and oxygen atoms in total. The lowest BCUT2D eigenvalue weighted by molar-refractivity contribution is 0.0655. The van der Waals surface area contributed by atoms with Gasteiger partial charge in [0.05, 0.1) is 6.54 Å². The van der Waals surface area contributed by atoms with Gasteiger partial charge in [-0.05, 0) is 25.3 Å². The van der Waals surface area contributed by atoms with Crippen LogP contribution in [-0.2, 0) is 12.1 Å². The number of guanidine groups is 1. The molecule has 0 fully saturated rings. The second-order valence-corrected chi connectivity index (χ2v) is 5.98. The van der Waals surface area contributed by atoms with Gasteiger partial charge in [0.1, 0.15) is 12.1 Å². The molecule has 0 radical (unpaired) electrons. The third-order valence-electron chi connectivity index (χ3n) is 2.94. The molecule has 1 unspecified atom stereocenters. The van der Waals surface area contributed by atoms with Gasteiger partial charge in [0.2, 0.25) is 5.89 Å². The van der Waals surface area contributed by atoms with Crippen LogP contribution in [0.5, 0.6) is 0 Å². The van der Waals surface area contributed by atoms with Crippen molar-refractivity contribution in [3.63, 3.8) is 0 Å². The molecule has 0 bridgehead atoms. The maximum atomic E-state index is 10.5. The van der Waals surface area contributed by atoms with Gasteiger partial charge >= 0.3 is 0 Å². The predicted octanol–water partition coefficient (Wildman–Crippen LogP) is 2.02. The van der Waals surface area contributed by atoms with E-state index in [0.717, 1.165) is 11.4 Å². The maximum absolute atomic E-state index is 10.5. The number of hydrogen-bond acceptors (Lipinski definition) is 6. The fraction of sp³-hybridized carbons (Fsp3) is 0.500. The van der Waals surface area contributed by atoms with Crippen LogP contribution in [0.4, 0.5) is 0 Å². The highest BCUT2D eigenvalue weighted by Crippen LogP contribution is 2.24. The number of aromatic nitrogens is 2. The van der Waals surface area contributed by atoms with Crippen molar-refractivity contribution in [3.05, 3.63) is 34.1 Å². The van der Waals surface area contributed by atoms with Crippen molar-refractivity contribution in [3.8, 4) is 0 Å². The monoisotopic (exact) mass is 451 g/mol. The van der Waals surface area contributed by atoms with Crippen molar-refractivity contribution in [1.82, 2.24) is 20.8 Å². The zero-order valence-corrected chi connectivity index (χ0v) is 16.5. The van der Waals surface area contributed by atoms with Gasteiger partial charge in [0.15, 0.2) is 11.8 Å². The Morgan fingerprint density at radius 3 is 2.83 bits per heavy atom.